The van der Waals surface area contributed by atoms with Crippen molar-refractivity contribution in [1.29, 1.82) is 0 Å². The lowest BCUT2D eigenvalue weighted by atomic mass is 10.4. The summed E-state index contributed by atoms with van der Waals surface area (Å²) in [5.74, 6) is 0. The molecule has 0 atom stereocenters. The van der Waals surface area contributed by atoms with Crippen molar-refractivity contribution in [3.05, 3.63) is 0 Å². The molecule has 0 aromatic carbocycles. The van der Waals surface area contributed by atoms with E-state index < -0.39 is 0 Å². The van der Waals surface area contributed by atoms with Crippen LogP contribution in [0.3, 0.4) is 0 Å². The molecule has 0 bridgehead atoms. The smallest absolute Gasteiger partial charge is 0.0892 e. The van der Waals surface area contributed by atoms with Crippen LogP contribution in [0.15, 0.2) is 0 Å². The fraction of sp³-hybridized carbons (Fsp3) is 1.00. The van der Waals surface area contributed by atoms with Crippen molar-refractivity contribution >= 4 is 11.9 Å². The normalized spacial score (nSPS) is 26.2. The Hall–Kier alpha value is 0.310. The molecule has 1 saturated heterocycles. The zero-order valence-corrected chi connectivity index (χ0v) is 6.50. The zero-order chi connectivity index (χ0) is 6.04. The van der Waals surface area contributed by atoms with Gasteiger partial charge in [-0.1, -0.05) is 0 Å². The predicted molar refractivity (Wildman–Crippen MR) is 38.7 cm³/mol. The monoisotopic (exact) mass is 132 g/mol. The highest BCUT2D eigenvalue weighted by atomic mass is 32.2. The Morgan fingerprint density at radius 2 is 1.75 bits per heavy atom. The van der Waals surface area contributed by atoms with Crippen molar-refractivity contribution in [2.45, 2.75) is 12.8 Å². The van der Waals surface area contributed by atoms with Gasteiger partial charge in [0, 0.05) is 19.1 Å². The first-order chi connectivity index (χ1) is 3.77. The van der Waals surface area contributed by atoms with E-state index in [0.717, 1.165) is 0 Å². The van der Waals surface area contributed by atoms with Crippen LogP contribution in [-0.4, -0.2) is 30.3 Å². The van der Waals surface area contributed by atoms with E-state index in [1.807, 2.05) is 11.9 Å². The number of likely N-dealkylation sites (tertiary alicyclic amines) is 1. The Morgan fingerprint density at radius 1 is 1.25 bits per heavy atom. The first-order valence-corrected chi connectivity index (χ1v) is 4.35. The number of rotatable bonds is 1. The first-order valence-electron chi connectivity index (χ1n) is 3.17. The topological polar surface area (TPSA) is 0 Å². The van der Waals surface area contributed by atoms with Crippen LogP contribution >= 0.6 is 11.9 Å². The summed E-state index contributed by atoms with van der Waals surface area (Å²) in [6.07, 6.45) is 5.06. The minimum Gasteiger partial charge on any atom is -0.264 e. The molecule has 48 valence electrons. The van der Waals surface area contributed by atoms with Gasteiger partial charge in [0.15, 0.2) is 0 Å². The van der Waals surface area contributed by atoms with Crippen molar-refractivity contribution in [2.75, 3.05) is 26.4 Å². The molecular weight excluding hydrogens is 118 g/mol. The van der Waals surface area contributed by atoms with E-state index in [9.17, 15) is 0 Å². The molecule has 0 N–H and O–H groups in total. The summed E-state index contributed by atoms with van der Waals surface area (Å²) in [6.45, 7) is 2.75. The molecule has 2 heteroatoms. The summed E-state index contributed by atoms with van der Waals surface area (Å²) in [4.78, 5) is 0. The highest BCUT2D eigenvalue weighted by molar-refractivity contribution is 7.93. The van der Waals surface area contributed by atoms with Crippen molar-refractivity contribution in [3.63, 3.8) is 0 Å². The van der Waals surface area contributed by atoms with Gasteiger partial charge in [0.05, 0.1) is 32.1 Å². The van der Waals surface area contributed by atoms with Crippen LogP contribution in [0.5, 0.6) is 0 Å². The summed E-state index contributed by atoms with van der Waals surface area (Å²) in [5.41, 5.74) is 0. The second-order valence-electron chi connectivity index (χ2n) is 2.63. The third-order valence-electron chi connectivity index (χ3n) is 1.95. The molecule has 0 aliphatic carbocycles. The SMILES string of the molecule is CS[N+]1(C)CCCC1. The van der Waals surface area contributed by atoms with Crippen LogP contribution in [0.2, 0.25) is 0 Å². The van der Waals surface area contributed by atoms with Gasteiger partial charge in [-0.3, -0.25) is 3.89 Å². The Labute approximate surface area is 55.8 Å². The number of hydrogen-bond acceptors (Lipinski definition) is 1. The standard InChI is InChI=1S/C6H14NS/c1-7(8-2)5-3-4-6-7/h3-6H2,1-2H3/q+1. The lowest BCUT2D eigenvalue weighted by molar-refractivity contribution is -0.758. The van der Waals surface area contributed by atoms with Gasteiger partial charge >= 0.3 is 0 Å². The molecule has 0 aromatic heterocycles. The maximum absolute atomic E-state index is 2.32. The lowest BCUT2D eigenvalue weighted by Gasteiger charge is -2.23. The minimum absolute atomic E-state index is 1.24. The molecule has 1 aliphatic rings. The molecule has 1 fully saturated rings. The average molecular weight is 132 g/mol. The molecule has 0 unspecified atom stereocenters. The van der Waals surface area contributed by atoms with E-state index in [2.05, 4.69) is 13.3 Å². The predicted octanol–water partition coefficient (Wildman–Crippen LogP) is 1.50. The highest BCUT2D eigenvalue weighted by Gasteiger charge is 2.25. The van der Waals surface area contributed by atoms with Gasteiger partial charge in [-0.15, -0.1) is 0 Å². The minimum atomic E-state index is 1.24. The first kappa shape index (κ1) is 6.43. The van der Waals surface area contributed by atoms with Gasteiger partial charge in [-0.05, 0) is 0 Å². The number of quaternary nitrogens is 1. The molecule has 0 spiro atoms. The van der Waals surface area contributed by atoms with Crippen LogP contribution in [0.1, 0.15) is 12.8 Å². The van der Waals surface area contributed by atoms with E-state index in [-0.39, 0.29) is 0 Å². The third kappa shape index (κ3) is 1.17. The summed E-state index contributed by atoms with van der Waals surface area (Å²) in [6, 6.07) is 0. The average Bonchev–Trinajstić information content (AvgIpc) is 2.17. The van der Waals surface area contributed by atoms with Crippen LogP contribution < -0.4 is 0 Å². The van der Waals surface area contributed by atoms with E-state index in [0.29, 0.717) is 0 Å². The van der Waals surface area contributed by atoms with E-state index >= 15 is 0 Å². The van der Waals surface area contributed by atoms with E-state index in [1.165, 1.54) is 29.8 Å². The lowest BCUT2D eigenvalue weighted by Crippen LogP contribution is -2.31. The summed E-state index contributed by atoms with van der Waals surface area (Å²) in [5, 5.41) is 0. The van der Waals surface area contributed by atoms with Gasteiger partial charge < -0.3 is 0 Å². The maximum Gasteiger partial charge on any atom is 0.0892 e. The maximum atomic E-state index is 2.32. The Kier molecular flexibility index (Phi) is 1.83. The van der Waals surface area contributed by atoms with Crippen molar-refractivity contribution in [2.24, 2.45) is 0 Å². The van der Waals surface area contributed by atoms with Gasteiger partial charge in [-0.2, -0.15) is 0 Å². The van der Waals surface area contributed by atoms with Crippen molar-refractivity contribution < 1.29 is 3.89 Å². The van der Waals surface area contributed by atoms with Crippen LogP contribution in [0, 0.1) is 0 Å². The molecule has 1 heterocycles. The third-order valence-corrected chi connectivity index (χ3v) is 3.20. The molecule has 0 amide bonds. The summed E-state index contributed by atoms with van der Waals surface area (Å²) >= 11 is 1.97. The Morgan fingerprint density at radius 3 is 2.00 bits per heavy atom. The van der Waals surface area contributed by atoms with Gasteiger partial charge in [-0.25, -0.2) is 0 Å². The molecule has 0 radical (unpaired) electrons. The summed E-state index contributed by atoms with van der Waals surface area (Å²) < 4.78 is 1.24. The fourth-order valence-electron chi connectivity index (χ4n) is 1.19. The number of hydrogen-bond donors (Lipinski definition) is 0. The molecule has 0 aromatic rings. The molecular formula is C6H14NS+. The quantitative estimate of drug-likeness (QED) is 0.385. The molecule has 8 heavy (non-hydrogen) atoms. The number of nitrogens with zero attached hydrogens (tertiary/aromatic N) is 1. The van der Waals surface area contributed by atoms with Crippen LogP contribution in [0.25, 0.3) is 0 Å². The zero-order valence-electron chi connectivity index (χ0n) is 5.68. The summed E-state index contributed by atoms with van der Waals surface area (Å²) in [7, 11) is 2.32. The van der Waals surface area contributed by atoms with Gasteiger partial charge in [0.2, 0.25) is 0 Å². The fourth-order valence-corrected chi connectivity index (χ4v) is 1.81. The van der Waals surface area contributed by atoms with Crippen LogP contribution in [-0.2, 0) is 0 Å². The molecule has 1 rings (SSSR count). The van der Waals surface area contributed by atoms with Crippen molar-refractivity contribution in [3.8, 4) is 0 Å². The van der Waals surface area contributed by atoms with Gasteiger partial charge in [0.25, 0.3) is 0 Å². The van der Waals surface area contributed by atoms with Gasteiger partial charge in [0.1, 0.15) is 0 Å². The Balaban J connectivity index is 2.40. The molecule has 1 nitrogen and oxygen atoms in total. The van der Waals surface area contributed by atoms with Crippen LogP contribution in [0.4, 0.5) is 0 Å². The highest BCUT2D eigenvalue weighted by Crippen LogP contribution is 2.24. The molecule has 0 saturated carbocycles. The molecule has 1 aliphatic heterocycles. The van der Waals surface area contributed by atoms with Crippen molar-refractivity contribution in [1.82, 2.24) is 0 Å². The van der Waals surface area contributed by atoms with E-state index in [4.69, 9.17) is 0 Å². The largest absolute Gasteiger partial charge is 0.264 e. The second kappa shape index (κ2) is 2.28. The second-order valence-corrected chi connectivity index (χ2v) is 3.88. The van der Waals surface area contributed by atoms with E-state index in [1.54, 1.807) is 0 Å². The Bertz CT molecular complexity index is 76.6.